The summed E-state index contributed by atoms with van der Waals surface area (Å²) in [6.45, 7) is 5.21. The zero-order chi connectivity index (χ0) is 12.1. The minimum atomic E-state index is 0.600. The number of nitrogens with zero attached hydrogens (tertiary/aromatic N) is 2. The van der Waals surface area contributed by atoms with Crippen LogP contribution < -0.4 is 5.32 Å². The first-order chi connectivity index (χ1) is 8.25. The lowest BCUT2D eigenvalue weighted by Gasteiger charge is -2.12. The van der Waals surface area contributed by atoms with Gasteiger partial charge in [-0.25, -0.2) is 4.98 Å². The Morgan fingerprint density at radius 1 is 1.59 bits per heavy atom. The van der Waals surface area contributed by atoms with Crippen molar-refractivity contribution >= 4 is 27.3 Å². The Kier molecular flexibility index (Phi) is 4.76. The number of hydrogen-bond donors (Lipinski definition) is 1. The molecule has 3 nitrogen and oxygen atoms in total. The van der Waals surface area contributed by atoms with Crippen molar-refractivity contribution in [1.82, 2.24) is 14.9 Å². The number of nitrogens with one attached hydrogen (secondary N) is 1. The summed E-state index contributed by atoms with van der Waals surface area (Å²) < 4.78 is 3.32. The van der Waals surface area contributed by atoms with Crippen molar-refractivity contribution in [3.8, 4) is 0 Å². The molecule has 0 bridgehead atoms. The molecule has 0 fully saturated rings. The van der Waals surface area contributed by atoms with E-state index in [0.29, 0.717) is 5.92 Å². The second kappa shape index (κ2) is 6.33. The maximum atomic E-state index is 4.05. The zero-order valence-electron chi connectivity index (χ0n) is 9.77. The van der Waals surface area contributed by atoms with Crippen LogP contribution in [0.4, 0.5) is 0 Å². The highest BCUT2D eigenvalue weighted by atomic mass is 79.9. The SMILES string of the molecule is CC(CNCc1sccc1Br)Cn1ccnc1. The van der Waals surface area contributed by atoms with Crippen LogP contribution in [-0.4, -0.2) is 16.1 Å². The molecule has 2 heterocycles. The molecule has 17 heavy (non-hydrogen) atoms. The molecule has 0 aromatic carbocycles. The number of halogens is 1. The molecular weight excluding hydrogens is 298 g/mol. The van der Waals surface area contributed by atoms with E-state index in [1.807, 2.05) is 18.7 Å². The zero-order valence-corrected chi connectivity index (χ0v) is 12.2. The van der Waals surface area contributed by atoms with Crippen LogP contribution in [0.3, 0.4) is 0 Å². The highest BCUT2D eigenvalue weighted by molar-refractivity contribution is 9.10. The highest BCUT2D eigenvalue weighted by Gasteiger charge is 2.04. The molecule has 1 N–H and O–H groups in total. The molecule has 2 aromatic heterocycles. The Morgan fingerprint density at radius 2 is 2.47 bits per heavy atom. The molecule has 0 spiro atoms. The van der Waals surface area contributed by atoms with Crippen LogP contribution in [0.15, 0.2) is 34.6 Å². The summed E-state index contributed by atoms with van der Waals surface area (Å²) >= 11 is 5.32. The second-order valence-electron chi connectivity index (χ2n) is 4.19. The molecule has 1 atom stereocenters. The predicted octanol–water partition coefficient (Wildman–Crippen LogP) is 3.13. The summed E-state index contributed by atoms with van der Waals surface area (Å²) in [4.78, 5) is 5.41. The third kappa shape index (κ3) is 3.94. The number of rotatable bonds is 6. The standard InChI is InChI=1S/C12H16BrN3S/c1-10(8-16-4-3-14-9-16)6-15-7-12-11(13)2-5-17-12/h2-5,9-10,15H,6-8H2,1H3. The maximum absolute atomic E-state index is 4.05. The summed E-state index contributed by atoms with van der Waals surface area (Å²) in [5.74, 6) is 0.600. The topological polar surface area (TPSA) is 29.9 Å². The fraction of sp³-hybridized carbons (Fsp3) is 0.417. The van der Waals surface area contributed by atoms with Gasteiger partial charge >= 0.3 is 0 Å². The van der Waals surface area contributed by atoms with Crippen molar-refractivity contribution in [3.05, 3.63) is 39.5 Å². The summed E-state index contributed by atoms with van der Waals surface area (Å²) in [6, 6.07) is 2.09. The Labute approximate surface area is 114 Å². The number of aromatic nitrogens is 2. The largest absolute Gasteiger partial charge is 0.337 e. The fourth-order valence-corrected chi connectivity index (χ4v) is 3.16. The van der Waals surface area contributed by atoms with Gasteiger partial charge in [0.1, 0.15) is 0 Å². The van der Waals surface area contributed by atoms with E-state index in [0.717, 1.165) is 19.6 Å². The van der Waals surface area contributed by atoms with Crippen LogP contribution in [0.25, 0.3) is 0 Å². The molecule has 1 unspecified atom stereocenters. The third-order valence-electron chi connectivity index (χ3n) is 2.55. The maximum Gasteiger partial charge on any atom is 0.0946 e. The Bertz CT molecular complexity index is 438. The van der Waals surface area contributed by atoms with E-state index in [2.05, 4.69) is 49.2 Å². The van der Waals surface area contributed by atoms with Crippen molar-refractivity contribution in [1.29, 1.82) is 0 Å². The van der Waals surface area contributed by atoms with Crippen LogP contribution >= 0.6 is 27.3 Å². The van der Waals surface area contributed by atoms with Gasteiger partial charge in [-0.2, -0.15) is 0 Å². The molecule has 0 aliphatic rings. The lowest BCUT2D eigenvalue weighted by Crippen LogP contribution is -2.23. The molecule has 0 aliphatic carbocycles. The highest BCUT2D eigenvalue weighted by Crippen LogP contribution is 2.22. The van der Waals surface area contributed by atoms with Crippen molar-refractivity contribution < 1.29 is 0 Å². The van der Waals surface area contributed by atoms with Crippen LogP contribution in [0.2, 0.25) is 0 Å². The lowest BCUT2D eigenvalue weighted by atomic mass is 10.2. The average Bonchev–Trinajstić information content (AvgIpc) is 2.91. The summed E-state index contributed by atoms with van der Waals surface area (Å²) in [7, 11) is 0. The number of imidazole rings is 1. The Balaban J connectivity index is 1.70. The minimum absolute atomic E-state index is 0.600. The van der Waals surface area contributed by atoms with E-state index < -0.39 is 0 Å². The third-order valence-corrected chi connectivity index (χ3v) is 4.48. The van der Waals surface area contributed by atoms with Gasteiger partial charge in [0, 0.05) is 34.8 Å². The van der Waals surface area contributed by atoms with E-state index in [4.69, 9.17) is 0 Å². The minimum Gasteiger partial charge on any atom is -0.337 e. The van der Waals surface area contributed by atoms with E-state index in [9.17, 15) is 0 Å². The smallest absolute Gasteiger partial charge is 0.0946 e. The van der Waals surface area contributed by atoms with Crippen LogP contribution in [0.1, 0.15) is 11.8 Å². The van der Waals surface area contributed by atoms with Crippen molar-refractivity contribution in [2.75, 3.05) is 6.54 Å². The van der Waals surface area contributed by atoms with E-state index >= 15 is 0 Å². The van der Waals surface area contributed by atoms with Crippen LogP contribution in [-0.2, 0) is 13.1 Å². The van der Waals surface area contributed by atoms with Crippen LogP contribution in [0.5, 0.6) is 0 Å². The molecule has 0 saturated carbocycles. The van der Waals surface area contributed by atoms with Crippen molar-refractivity contribution in [2.24, 2.45) is 5.92 Å². The van der Waals surface area contributed by atoms with Gasteiger partial charge in [-0.15, -0.1) is 11.3 Å². The average molecular weight is 314 g/mol. The van der Waals surface area contributed by atoms with Gasteiger partial charge in [0.2, 0.25) is 0 Å². The quantitative estimate of drug-likeness (QED) is 0.888. The van der Waals surface area contributed by atoms with Crippen molar-refractivity contribution in [3.63, 3.8) is 0 Å². The molecule has 0 aliphatic heterocycles. The van der Waals surface area contributed by atoms with Gasteiger partial charge < -0.3 is 9.88 Å². The summed E-state index contributed by atoms with van der Waals surface area (Å²) in [6.07, 6.45) is 5.70. The first-order valence-corrected chi connectivity index (χ1v) is 7.31. The monoisotopic (exact) mass is 313 g/mol. The van der Waals surface area contributed by atoms with Gasteiger partial charge in [-0.3, -0.25) is 0 Å². The molecule has 5 heteroatoms. The molecular formula is C12H16BrN3S. The van der Waals surface area contributed by atoms with E-state index in [1.54, 1.807) is 11.3 Å². The predicted molar refractivity (Wildman–Crippen MR) is 75.1 cm³/mol. The molecule has 0 amide bonds. The first kappa shape index (κ1) is 12.8. The molecule has 2 rings (SSSR count). The fourth-order valence-electron chi connectivity index (χ4n) is 1.70. The van der Waals surface area contributed by atoms with Gasteiger partial charge in [0.15, 0.2) is 0 Å². The van der Waals surface area contributed by atoms with Crippen LogP contribution in [0, 0.1) is 5.92 Å². The molecule has 92 valence electrons. The first-order valence-electron chi connectivity index (χ1n) is 5.64. The summed E-state index contributed by atoms with van der Waals surface area (Å²) in [5.41, 5.74) is 0. The molecule has 2 aromatic rings. The number of hydrogen-bond acceptors (Lipinski definition) is 3. The number of thiophene rings is 1. The normalized spacial score (nSPS) is 12.8. The van der Waals surface area contributed by atoms with Gasteiger partial charge in [-0.1, -0.05) is 6.92 Å². The Hall–Kier alpha value is -0.650. The van der Waals surface area contributed by atoms with E-state index in [1.165, 1.54) is 9.35 Å². The Morgan fingerprint density at radius 3 is 3.12 bits per heavy atom. The van der Waals surface area contributed by atoms with Gasteiger partial charge in [-0.05, 0) is 39.8 Å². The van der Waals surface area contributed by atoms with Crippen molar-refractivity contribution in [2.45, 2.75) is 20.0 Å². The van der Waals surface area contributed by atoms with Gasteiger partial charge in [0.05, 0.1) is 6.33 Å². The second-order valence-corrected chi connectivity index (χ2v) is 6.04. The van der Waals surface area contributed by atoms with E-state index in [-0.39, 0.29) is 0 Å². The summed E-state index contributed by atoms with van der Waals surface area (Å²) in [5, 5.41) is 5.59. The molecule has 0 radical (unpaired) electrons. The molecule has 0 saturated heterocycles. The lowest BCUT2D eigenvalue weighted by molar-refractivity contribution is 0.445. The van der Waals surface area contributed by atoms with Gasteiger partial charge in [0.25, 0.3) is 0 Å².